The molecule has 0 radical (unpaired) electrons. The molecule has 0 unspecified atom stereocenters. The lowest BCUT2D eigenvalue weighted by Gasteiger charge is -2.60. The van der Waals surface area contributed by atoms with E-state index in [0.29, 0.717) is 0 Å². The van der Waals surface area contributed by atoms with E-state index in [0.717, 1.165) is 0 Å². The summed E-state index contributed by atoms with van der Waals surface area (Å²) in [6, 6.07) is 0. The quantitative estimate of drug-likeness (QED) is 0.197. The molecule has 0 aromatic heterocycles. The van der Waals surface area contributed by atoms with Gasteiger partial charge in [-0.15, -0.1) is 65.8 Å². The molecule has 0 aromatic carbocycles. The zero-order valence-corrected chi connectivity index (χ0v) is 66.9. The van der Waals surface area contributed by atoms with E-state index < -0.39 is 136 Å². The zero-order chi connectivity index (χ0) is 64.1. The maximum atomic E-state index is 8.22. The van der Waals surface area contributed by atoms with Gasteiger partial charge in [0.2, 0.25) is 0 Å². The van der Waals surface area contributed by atoms with Gasteiger partial charge in [0.15, 0.2) is 0 Å². The highest BCUT2D eigenvalue weighted by Gasteiger charge is 2.73. The molecule has 10 nitrogen and oxygen atoms in total. The molecule has 0 aliphatic carbocycles. The Kier molecular flexibility index (Phi) is 23.2. The van der Waals surface area contributed by atoms with Crippen LogP contribution in [0, 0.1) is 0 Å². The van der Waals surface area contributed by atoms with Crippen LogP contribution in [0.4, 0.5) is 0 Å². The average molecular weight is 1280 g/mol. The van der Waals surface area contributed by atoms with Gasteiger partial charge in [0, 0.05) is 50.4 Å². The van der Waals surface area contributed by atoms with Crippen molar-refractivity contribution in [1.29, 1.82) is 0 Å². The van der Waals surface area contributed by atoms with Crippen LogP contribution in [0.1, 0.15) is 208 Å². The molecule has 0 aromatic rings. The van der Waals surface area contributed by atoms with E-state index in [-0.39, 0.29) is 0 Å². The summed E-state index contributed by atoms with van der Waals surface area (Å²) < 4.78 is 82.2. The molecule has 1 heterocycles. The van der Waals surface area contributed by atoms with Crippen molar-refractivity contribution in [3.05, 3.63) is 123 Å². The van der Waals surface area contributed by atoms with E-state index in [4.69, 9.17) is 41.2 Å². The summed E-state index contributed by atoms with van der Waals surface area (Å²) in [5.41, 5.74) is 19.0. The third kappa shape index (κ3) is 13.9. The van der Waals surface area contributed by atoms with Crippen LogP contribution in [-0.2, 0) is 41.2 Å². The van der Waals surface area contributed by atoms with E-state index >= 15 is 0 Å². The van der Waals surface area contributed by atoms with Crippen LogP contribution < -0.4 is 0 Å². The molecule has 0 amide bonds. The van der Waals surface area contributed by atoms with Gasteiger partial charge in [-0.3, -0.25) is 0 Å². The minimum absolute atomic E-state index is 0.727. The van der Waals surface area contributed by atoms with Crippen LogP contribution >= 0.6 is 0 Å². The fourth-order valence-corrected chi connectivity index (χ4v) is 70.1. The van der Waals surface area contributed by atoms with E-state index in [9.17, 15) is 0 Å². The molecule has 1 fully saturated rings. The lowest BCUT2D eigenvalue weighted by molar-refractivity contribution is 0.186. The van der Waals surface area contributed by atoms with Crippen molar-refractivity contribution < 1.29 is 41.2 Å². The van der Waals surface area contributed by atoms with Gasteiger partial charge in [0.05, 0.1) is 0 Å². The minimum Gasteiger partial charge on any atom is -0.409 e. The second-order valence-electron chi connectivity index (χ2n) is 32.2. The van der Waals surface area contributed by atoms with E-state index in [1.165, 1.54) is 0 Å². The predicted molar refractivity (Wildman–Crippen MR) is 368 cm³/mol. The largest absolute Gasteiger partial charge is 0.409 e. The molecular formula is C60H120O10Si10. The Morgan fingerprint density at radius 1 is 0.150 bits per heavy atom. The number of hydrogen-bond donors (Lipinski definition) is 0. The van der Waals surface area contributed by atoms with Gasteiger partial charge < -0.3 is 41.2 Å². The second kappa shape index (κ2) is 24.0. The van der Waals surface area contributed by atoms with Crippen molar-refractivity contribution in [3.63, 3.8) is 0 Å². The molecule has 20 heteroatoms. The third-order valence-electron chi connectivity index (χ3n) is 16.2. The summed E-state index contributed by atoms with van der Waals surface area (Å²) in [6.45, 7) is 111. The molecule has 0 atom stereocenters. The zero-order valence-electron chi connectivity index (χ0n) is 56.9. The summed E-state index contributed by atoms with van der Waals surface area (Å²) in [5, 5.41) is -7.27. The number of hydrogen-bond acceptors (Lipinski definition) is 10. The van der Waals surface area contributed by atoms with Crippen molar-refractivity contribution in [2.24, 2.45) is 0 Å². The third-order valence-corrected chi connectivity index (χ3v) is 66.7. The smallest absolute Gasteiger partial charge is 0.352 e. The van der Waals surface area contributed by atoms with Crippen LogP contribution in [0.3, 0.4) is 0 Å². The molecule has 0 saturated carbocycles. The Morgan fingerprint density at radius 2 is 0.200 bits per heavy atom. The topological polar surface area (TPSA) is 92.3 Å². The fourth-order valence-electron chi connectivity index (χ4n) is 9.42. The van der Waals surface area contributed by atoms with Crippen LogP contribution in [0.5, 0.6) is 0 Å². The molecular weight excluding hydrogens is 1160 g/mol. The lowest BCUT2D eigenvalue weighted by atomic mass is 10.2. The van der Waals surface area contributed by atoms with Gasteiger partial charge in [-0.1, -0.05) is 265 Å². The first kappa shape index (κ1) is 77.2. The van der Waals surface area contributed by atoms with Crippen molar-refractivity contribution in [1.82, 2.24) is 0 Å². The second-order valence-corrected chi connectivity index (χ2v) is 72.8. The predicted octanol–water partition coefficient (Wildman–Crippen LogP) is 19.8. The molecule has 460 valence electrons. The van der Waals surface area contributed by atoms with Crippen LogP contribution in [0.15, 0.2) is 123 Å². The first-order valence-electron chi connectivity index (χ1n) is 28.6. The Bertz CT molecular complexity index is 1740. The van der Waals surface area contributed by atoms with Gasteiger partial charge in [-0.2, -0.15) is 0 Å². The maximum absolute atomic E-state index is 8.22. The van der Waals surface area contributed by atoms with Gasteiger partial charge in [-0.25, -0.2) is 0 Å². The fraction of sp³-hybridized carbons (Fsp3) is 0.667. The summed E-state index contributed by atoms with van der Waals surface area (Å²) in [6.07, 6.45) is 0. The van der Waals surface area contributed by atoms with Crippen molar-refractivity contribution in [2.45, 2.75) is 258 Å². The maximum Gasteiger partial charge on any atom is 0.352 e. The Labute approximate surface area is 504 Å². The van der Waals surface area contributed by atoms with Gasteiger partial charge in [0.25, 0.3) is 0 Å². The highest BCUT2D eigenvalue weighted by atomic mass is 28.5. The van der Waals surface area contributed by atoms with Gasteiger partial charge in [-0.05, 0) is 0 Å². The first-order chi connectivity index (χ1) is 35.2. The Hall–Kier alpha value is -0.831. The summed E-state index contributed by atoms with van der Waals surface area (Å²) in [5.74, 6) is 0. The van der Waals surface area contributed by atoms with Crippen molar-refractivity contribution in [3.8, 4) is 0 Å². The summed E-state index contributed by atoms with van der Waals surface area (Å²) in [7, 11) is -40.0. The lowest BCUT2D eigenvalue weighted by Crippen LogP contribution is -2.75. The molecule has 1 aliphatic heterocycles. The first-order valence-corrected chi connectivity index (χ1v) is 47.5. The standard InChI is InChI=1S/C60H120O10Si10/c1-41-71(51(11,12)13)61-72(42-2,52(14,15)16)63-74(44-4,54(20,21)22)65-76(46-6,56(26,27)28)67-78(48-8,58(32,33)34)69-80(50-10,60(38,39)40)70-79(49-9,59(35,36)37)68-77(47-7,57(29,30)31)66-75(45-5,55(23,24)25)64-73(43-3,62-71)53(17,18)19/h41-50H,1-10H2,11-40H3. The molecule has 1 saturated heterocycles. The van der Waals surface area contributed by atoms with Crippen LogP contribution in [-0.4, -0.2) is 85.6 Å². The van der Waals surface area contributed by atoms with Crippen LogP contribution in [0.2, 0.25) is 50.4 Å². The molecule has 0 N–H and O–H groups in total. The molecule has 80 heavy (non-hydrogen) atoms. The summed E-state index contributed by atoms with van der Waals surface area (Å²) >= 11 is 0. The van der Waals surface area contributed by atoms with Crippen LogP contribution in [0.25, 0.3) is 0 Å². The van der Waals surface area contributed by atoms with Crippen molar-refractivity contribution >= 4 is 85.6 Å². The minimum atomic E-state index is -4.00. The molecule has 0 spiro atoms. The number of rotatable bonds is 10. The highest BCUT2D eigenvalue weighted by Crippen LogP contribution is 2.60. The van der Waals surface area contributed by atoms with E-state index in [1.807, 2.05) is 57.0 Å². The SMILES string of the molecule is C=C[Si]1(C(C)(C)C)O[Si](C=C)(C(C)(C)C)O[Si](C=C)(C(C)(C)C)O[Si](C=C)(C(C)(C)C)O[Si](C=C)(C(C)(C)C)O[Si](C=C)(C(C)(C)C)O[Si](C=C)(C(C)(C)C)O[Si](C=C)(C(C)(C)C)O[Si](C=C)(C(C)(C)C)O[Si](C=C)(C(C)(C)C)O1. The molecule has 1 aliphatic rings. The molecule has 0 bridgehead atoms. The highest BCUT2D eigenvalue weighted by molar-refractivity contribution is 7.04. The van der Waals surface area contributed by atoms with E-state index in [1.54, 1.807) is 0 Å². The Balaban J connectivity index is 5.79. The molecule has 1 rings (SSSR count). The van der Waals surface area contributed by atoms with E-state index in [2.05, 4.69) is 274 Å². The van der Waals surface area contributed by atoms with Gasteiger partial charge >= 0.3 is 85.6 Å². The average Bonchev–Trinajstić information content (AvgIpc) is 3.26. The van der Waals surface area contributed by atoms with Crippen molar-refractivity contribution in [2.75, 3.05) is 0 Å². The summed E-state index contributed by atoms with van der Waals surface area (Å²) in [4.78, 5) is 0. The monoisotopic (exact) mass is 1280 g/mol. The van der Waals surface area contributed by atoms with Gasteiger partial charge in [0.1, 0.15) is 0 Å². The normalized spacial score (nSPS) is 35.4. The Morgan fingerprint density at radius 3 is 0.225 bits per heavy atom.